The summed E-state index contributed by atoms with van der Waals surface area (Å²) in [5.41, 5.74) is -0.636. The summed E-state index contributed by atoms with van der Waals surface area (Å²) in [6.07, 6.45) is -5.86. The van der Waals surface area contributed by atoms with Crippen molar-refractivity contribution >= 4 is 17.3 Å². The van der Waals surface area contributed by atoms with Gasteiger partial charge in [-0.3, -0.25) is 4.79 Å². The zero-order valence-electron chi connectivity index (χ0n) is 19.1. The Morgan fingerprint density at radius 3 is 2.14 bits per heavy atom. The fraction of sp³-hybridized carbons (Fsp3) is 0.500. The lowest BCUT2D eigenvalue weighted by molar-refractivity contribution is -0.150. The third kappa shape index (κ3) is 5.99. The van der Waals surface area contributed by atoms with Crippen LogP contribution in [0.15, 0.2) is 30.3 Å². The average Bonchev–Trinajstić information content (AvgIpc) is 2.79. The van der Waals surface area contributed by atoms with Gasteiger partial charge in [-0.15, -0.1) is 0 Å². The van der Waals surface area contributed by atoms with Crippen molar-refractivity contribution in [2.24, 2.45) is 0 Å². The molecule has 2 aliphatic rings. The summed E-state index contributed by atoms with van der Waals surface area (Å²) < 4.78 is 78.2. The van der Waals surface area contributed by atoms with Gasteiger partial charge in [-0.1, -0.05) is 6.07 Å². The maximum absolute atomic E-state index is 13.0. The van der Waals surface area contributed by atoms with Crippen molar-refractivity contribution in [1.29, 1.82) is 0 Å². The molecule has 2 aromatic rings. The number of benzene rings is 1. The number of halogens is 6. The molecular formula is C24H26F6N4O. The third-order valence-electron chi connectivity index (χ3n) is 6.54. The van der Waals surface area contributed by atoms with Gasteiger partial charge >= 0.3 is 12.4 Å². The number of amides is 1. The Hall–Kier alpha value is -2.98. The molecule has 190 valence electrons. The van der Waals surface area contributed by atoms with Crippen LogP contribution in [0, 0.1) is 0 Å². The minimum Gasteiger partial charge on any atom is -0.382 e. The summed E-state index contributed by atoms with van der Waals surface area (Å²) in [4.78, 5) is 17.6. The van der Waals surface area contributed by atoms with E-state index in [1.165, 1.54) is 5.56 Å². The molecule has 35 heavy (non-hydrogen) atoms. The Bertz CT molecular complexity index is 1040. The summed E-state index contributed by atoms with van der Waals surface area (Å²) in [6, 6.07) is 6.41. The lowest BCUT2D eigenvalue weighted by atomic mass is 9.90. The number of alkyl halides is 6. The highest BCUT2D eigenvalue weighted by molar-refractivity contribution is 5.95. The molecule has 1 amide bonds. The van der Waals surface area contributed by atoms with Gasteiger partial charge in [-0.2, -0.15) is 26.3 Å². The zero-order valence-corrected chi connectivity index (χ0v) is 19.1. The SMILES string of the molecule is CN1CCCc2ccc(C(=O)N[C@H]3CC[C@@H](Nc4cc(C(F)(F)F)nc(C(F)(F)F)c4)CC3)cc21. The van der Waals surface area contributed by atoms with E-state index in [2.05, 4.69) is 20.5 Å². The number of hydrogen-bond donors (Lipinski definition) is 2. The smallest absolute Gasteiger partial charge is 0.382 e. The van der Waals surface area contributed by atoms with Crippen molar-refractivity contribution in [3.05, 3.63) is 52.8 Å². The maximum Gasteiger partial charge on any atom is 0.433 e. The van der Waals surface area contributed by atoms with Gasteiger partial charge in [0.05, 0.1) is 0 Å². The Morgan fingerprint density at radius 2 is 1.54 bits per heavy atom. The monoisotopic (exact) mass is 500 g/mol. The largest absolute Gasteiger partial charge is 0.433 e. The van der Waals surface area contributed by atoms with Crippen LogP contribution in [0.4, 0.5) is 37.7 Å². The van der Waals surface area contributed by atoms with Crippen LogP contribution in [0.2, 0.25) is 0 Å². The molecule has 1 aromatic carbocycles. The van der Waals surface area contributed by atoms with Crippen LogP contribution in [-0.2, 0) is 18.8 Å². The van der Waals surface area contributed by atoms with Crippen LogP contribution in [0.5, 0.6) is 0 Å². The molecule has 1 aromatic heterocycles. The number of anilines is 2. The van der Waals surface area contributed by atoms with Crippen molar-refractivity contribution in [3.8, 4) is 0 Å². The molecule has 0 radical (unpaired) electrons. The van der Waals surface area contributed by atoms with E-state index in [0.717, 1.165) is 25.1 Å². The van der Waals surface area contributed by atoms with E-state index in [9.17, 15) is 31.1 Å². The van der Waals surface area contributed by atoms with E-state index in [0.29, 0.717) is 43.4 Å². The second kappa shape index (κ2) is 9.58. The van der Waals surface area contributed by atoms with Crippen LogP contribution in [0.1, 0.15) is 59.4 Å². The number of aromatic nitrogens is 1. The number of carbonyl (C=O) groups is 1. The van der Waals surface area contributed by atoms with Gasteiger partial charge in [0.1, 0.15) is 11.4 Å². The van der Waals surface area contributed by atoms with E-state index < -0.39 is 23.7 Å². The maximum atomic E-state index is 13.0. The number of nitrogens with one attached hydrogen (secondary N) is 2. The first-order valence-corrected chi connectivity index (χ1v) is 11.5. The summed E-state index contributed by atoms with van der Waals surface area (Å²) >= 11 is 0. The lowest BCUT2D eigenvalue weighted by Gasteiger charge is -2.31. The van der Waals surface area contributed by atoms with E-state index in [-0.39, 0.29) is 23.7 Å². The van der Waals surface area contributed by atoms with Gasteiger partial charge in [0.25, 0.3) is 5.91 Å². The van der Waals surface area contributed by atoms with Gasteiger partial charge in [-0.05, 0) is 68.4 Å². The first kappa shape index (κ1) is 25.1. The van der Waals surface area contributed by atoms with Gasteiger partial charge in [-0.25, -0.2) is 4.98 Å². The number of fused-ring (bicyclic) bond motifs is 1. The number of hydrogen-bond acceptors (Lipinski definition) is 4. The highest BCUT2D eigenvalue weighted by atomic mass is 19.4. The number of pyridine rings is 1. The summed E-state index contributed by atoms with van der Waals surface area (Å²) in [6.45, 7) is 0.932. The molecule has 0 bridgehead atoms. The summed E-state index contributed by atoms with van der Waals surface area (Å²) in [5.74, 6) is -0.193. The van der Waals surface area contributed by atoms with E-state index in [1.807, 2.05) is 19.2 Å². The number of nitrogens with zero attached hydrogens (tertiary/aromatic N) is 2. The fourth-order valence-corrected chi connectivity index (χ4v) is 4.69. The molecule has 0 saturated heterocycles. The van der Waals surface area contributed by atoms with Gasteiger partial charge in [0, 0.05) is 42.6 Å². The molecule has 1 aliphatic heterocycles. The molecule has 0 atom stereocenters. The Morgan fingerprint density at radius 1 is 0.943 bits per heavy atom. The number of carbonyl (C=O) groups excluding carboxylic acids is 1. The molecule has 1 saturated carbocycles. The molecule has 4 rings (SSSR count). The van der Waals surface area contributed by atoms with Crippen LogP contribution < -0.4 is 15.5 Å². The van der Waals surface area contributed by atoms with Gasteiger partial charge in [0.15, 0.2) is 0 Å². The average molecular weight is 500 g/mol. The first-order valence-electron chi connectivity index (χ1n) is 11.5. The molecule has 11 heteroatoms. The Labute approximate surface area is 198 Å². The number of aryl methyl sites for hydroxylation is 1. The molecule has 1 aliphatic carbocycles. The molecule has 2 N–H and O–H groups in total. The minimum atomic E-state index is -4.99. The predicted molar refractivity (Wildman–Crippen MR) is 119 cm³/mol. The van der Waals surface area contributed by atoms with Crippen LogP contribution in [0.3, 0.4) is 0 Å². The molecular weight excluding hydrogens is 474 g/mol. The minimum absolute atomic E-state index is 0.122. The summed E-state index contributed by atoms with van der Waals surface area (Å²) in [5, 5.41) is 5.80. The predicted octanol–water partition coefficient (Wildman–Crippen LogP) is 5.65. The van der Waals surface area contributed by atoms with Crippen LogP contribution in [-0.4, -0.2) is 36.6 Å². The van der Waals surface area contributed by atoms with Crippen LogP contribution >= 0.6 is 0 Å². The molecule has 0 unspecified atom stereocenters. The highest BCUT2D eigenvalue weighted by Gasteiger charge is 2.39. The topological polar surface area (TPSA) is 57.3 Å². The van der Waals surface area contributed by atoms with Gasteiger partial charge < -0.3 is 15.5 Å². The van der Waals surface area contributed by atoms with Crippen molar-refractivity contribution in [2.75, 3.05) is 23.8 Å². The highest BCUT2D eigenvalue weighted by Crippen LogP contribution is 2.36. The van der Waals surface area contributed by atoms with E-state index in [4.69, 9.17) is 0 Å². The Kier molecular flexibility index (Phi) is 6.88. The van der Waals surface area contributed by atoms with E-state index >= 15 is 0 Å². The van der Waals surface area contributed by atoms with Gasteiger partial charge in [0.2, 0.25) is 0 Å². The normalized spacial score (nSPS) is 20.8. The molecule has 0 spiro atoms. The molecule has 1 fully saturated rings. The van der Waals surface area contributed by atoms with Crippen molar-refractivity contribution in [3.63, 3.8) is 0 Å². The first-order chi connectivity index (χ1) is 16.4. The van der Waals surface area contributed by atoms with Crippen molar-refractivity contribution in [2.45, 2.75) is 63.0 Å². The Balaban J connectivity index is 1.36. The quantitative estimate of drug-likeness (QED) is 0.533. The molecule has 5 nitrogen and oxygen atoms in total. The van der Waals surface area contributed by atoms with E-state index in [1.54, 1.807) is 6.07 Å². The van der Waals surface area contributed by atoms with Crippen molar-refractivity contribution < 1.29 is 31.1 Å². The van der Waals surface area contributed by atoms with Crippen LogP contribution in [0.25, 0.3) is 0 Å². The third-order valence-corrected chi connectivity index (χ3v) is 6.54. The van der Waals surface area contributed by atoms with Crippen molar-refractivity contribution in [1.82, 2.24) is 10.3 Å². The fourth-order valence-electron chi connectivity index (χ4n) is 4.69. The summed E-state index contributed by atoms with van der Waals surface area (Å²) in [7, 11) is 1.99. The lowest BCUT2D eigenvalue weighted by Crippen LogP contribution is -2.40. The number of rotatable bonds is 4. The second-order valence-corrected chi connectivity index (χ2v) is 9.16. The standard InChI is InChI=1S/C24H26F6N4O/c1-34-10-2-3-14-4-5-15(11-19(14)34)22(35)32-17-8-6-16(7-9-17)31-18-12-20(23(25,26)27)33-21(13-18)24(28,29)30/h4-5,11-13,16-17H,2-3,6-10H2,1H3,(H,31,33)(H,32,35)/t16-,17+. The second-order valence-electron chi connectivity index (χ2n) is 9.16. The molecule has 2 heterocycles. The zero-order chi connectivity index (χ0) is 25.4.